The van der Waals surface area contributed by atoms with Gasteiger partial charge in [-0.05, 0) is 19.1 Å². The number of aryl methyl sites for hydroxylation is 1. The summed E-state index contributed by atoms with van der Waals surface area (Å²) in [6, 6.07) is 2.99. The summed E-state index contributed by atoms with van der Waals surface area (Å²) >= 11 is 1.49. The van der Waals surface area contributed by atoms with E-state index in [0.29, 0.717) is 0 Å². The molecule has 19 heavy (non-hydrogen) atoms. The van der Waals surface area contributed by atoms with E-state index in [4.69, 9.17) is 5.73 Å². The Bertz CT molecular complexity index is 682. The second-order valence-corrected chi connectivity index (χ2v) is 7.08. The number of hydrogen-bond acceptors (Lipinski definition) is 6. The Labute approximate surface area is 116 Å². The van der Waals surface area contributed by atoms with Gasteiger partial charge in [-0.25, -0.2) is 18.4 Å². The van der Waals surface area contributed by atoms with E-state index in [1.165, 1.54) is 35.0 Å². The predicted molar refractivity (Wildman–Crippen MR) is 74.2 cm³/mol. The van der Waals surface area contributed by atoms with Crippen LogP contribution in [0, 0.1) is 6.92 Å². The Morgan fingerprint density at radius 3 is 2.79 bits per heavy atom. The van der Waals surface area contributed by atoms with Gasteiger partial charge in [-0.2, -0.15) is 4.31 Å². The Balaban J connectivity index is 2.27. The SMILES string of the molecule is Cc1nc(CN(C)S(=O)(=O)c2cccnc2N)cs1. The number of rotatable bonds is 4. The maximum atomic E-state index is 12.3. The summed E-state index contributed by atoms with van der Waals surface area (Å²) in [5, 5.41) is 2.75. The highest BCUT2D eigenvalue weighted by Gasteiger charge is 2.24. The maximum Gasteiger partial charge on any atom is 0.246 e. The van der Waals surface area contributed by atoms with Crippen molar-refractivity contribution >= 4 is 27.2 Å². The van der Waals surface area contributed by atoms with Crippen LogP contribution in [0.2, 0.25) is 0 Å². The van der Waals surface area contributed by atoms with Crippen LogP contribution in [-0.2, 0) is 16.6 Å². The van der Waals surface area contributed by atoms with Crippen LogP contribution in [0.5, 0.6) is 0 Å². The summed E-state index contributed by atoms with van der Waals surface area (Å²) in [6.07, 6.45) is 1.46. The van der Waals surface area contributed by atoms with Crippen LogP contribution in [0.4, 0.5) is 5.82 Å². The molecular formula is C11H14N4O2S2. The highest BCUT2D eigenvalue weighted by atomic mass is 32.2. The first-order valence-corrected chi connectivity index (χ1v) is 7.81. The number of pyridine rings is 1. The summed E-state index contributed by atoms with van der Waals surface area (Å²) in [5.41, 5.74) is 6.33. The van der Waals surface area contributed by atoms with E-state index in [1.807, 2.05) is 12.3 Å². The number of nitrogens with two attached hydrogens (primary N) is 1. The lowest BCUT2D eigenvalue weighted by atomic mass is 10.5. The largest absolute Gasteiger partial charge is 0.383 e. The average Bonchev–Trinajstić information content (AvgIpc) is 2.75. The number of anilines is 1. The second kappa shape index (κ2) is 5.24. The van der Waals surface area contributed by atoms with Crippen molar-refractivity contribution in [2.24, 2.45) is 0 Å². The molecule has 0 bridgehead atoms. The smallest absolute Gasteiger partial charge is 0.246 e. The molecule has 2 rings (SSSR count). The maximum absolute atomic E-state index is 12.3. The molecule has 102 valence electrons. The van der Waals surface area contributed by atoms with Crippen LogP contribution in [0.1, 0.15) is 10.7 Å². The molecule has 6 nitrogen and oxygen atoms in total. The van der Waals surface area contributed by atoms with Crippen LogP contribution in [-0.4, -0.2) is 29.7 Å². The van der Waals surface area contributed by atoms with Gasteiger partial charge in [-0.3, -0.25) is 0 Å². The minimum Gasteiger partial charge on any atom is -0.383 e. The molecule has 0 amide bonds. The third-order valence-corrected chi connectivity index (χ3v) is 5.21. The summed E-state index contributed by atoms with van der Waals surface area (Å²) in [4.78, 5) is 8.06. The quantitative estimate of drug-likeness (QED) is 0.917. The third-order valence-electron chi connectivity index (χ3n) is 2.54. The van der Waals surface area contributed by atoms with Crippen LogP contribution in [0.25, 0.3) is 0 Å². The molecular weight excluding hydrogens is 284 g/mol. The molecule has 0 aliphatic carbocycles. The van der Waals surface area contributed by atoms with Gasteiger partial charge in [0.1, 0.15) is 10.7 Å². The number of nitrogens with zero attached hydrogens (tertiary/aromatic N) is 3. The zero-order chi connectivity index (χ0) is 14.0. The fourth-order valence-electron chi connectivity index (χ4n) is 1.58. The standard InChI is InChI=1S/C11H14N4O2S2/c1-8-14-9(7-18-8)6-15(2)19(16,17)10-4-3-5-13-11(10)12/h3-5,7H,6H2,1-2H3,(H2,12,13). The van der Waals surface area contributed by atoms with E-state index in [0.717, 1.165) is 10.7 Å². The van der Waals surface area contributed by atoms with Crippen LogP contribution < -0.4 is 5.73 Å². The van der Waals surface area contributed by atoms with Crippen molar-refractivity contribution in [2.75, 3.05) is 12.8 Å². The van der Waals surface area contributed by atoms with E-state index < -0.39 is 10.0 Å². The summed E-state index contributed by atoms with van der Waals surface area (Å²) < 4.78 is 25.9. The molecule has 0 radical (unpaired) electrons. The molecule has 0 atom stereocenters. The van der Waals surface area contributed by atoms with Crippen molar-refractivity contribution in [2.45, 2.75) is 18.4 Å². The molecule has 0 unspecified atom stereocenters. The lowest BCUT2D eigenvalue weighted by Crippen LogP contribution is -2.27. The fourth-order valence-corrected chi connectivity index (χ4v) is 3.39. The fraction of sp³-hybridized carbons (Fsp3) is 0.273. The first kappa shape index (κ1) is 13.9. The van der Waals surface area contributed by atoms with Gasteiger partial charge in [-0.15, -0.1) is 11.3 Å². The minimum absolute atomic E-state index is 0.00353. The molecule has 2 N–H and O–H groups in total. The third kappa shape index (κ3) is 2.91. The van der Waals surface area contributed by atoms with Gasteiger partial charge >= 0.3 is 0 Å². The van der Waals surface area contributed by atoms with E-state index in [1.54, 1.807) is 6.07 Å². The predicted octanol–water partition coefficient (Wildman–Crippen LogP) is 1.25. The summed E-state index contributed by atoms with van der Waals surface area (Å²) in [5.74, 6) is 0.00353. The van der Waals surface area contributed by atoms with Crippen molar-refractivity contribution in [1.29, 1.82) is 0 Å². The minimum atomic E-state index is -3.65. The molecule has 2 aromatic heterocycles. The van der Waals surface area contributed by atoms with Gasteiger partial charge in [0.2, 0.25) is 10.0 Å². The van der Waals surface area contributed by atoms with Crippen molar-refractivity contribution in [3.63, 3.8) is 0 Å². The number of hydrogen-bond donors (Lipinski definition) is 1. The van der Waals surface area contributed by atoms with E-state index >= 15 is 0 Å². The van der Waals surface area contributed by atoms with Crippen LogP contribution >= 0.6 is 11.3 Å². The lowest BCUT2D eigenvalue weighted by molar-refractivity contribution is 0.463. The van der Waals surface area contributed by atoms with E-state index in [-0.39, 0.29) is 17.3 Å². The van der Waals surface area contributed by atoms with Crippen molar-refractivity contribution in [3.8, 4) is 0 Å². The van der Waals surface area contributed by atoms with Gasteiger partial charge in [-0.1, -0.05) is 0 Å². The first-order chi connectivity index (χ1) is 8.91. The highest BCUT2D eigenvalue weighted by Crippen LogP contribution is 2.21. The number of aromatic nitrogens is 2. The van der Waals surface area contributed by atoms with Crippen molar-refractivity contribution in [3.05, 3.63) is 34.4 Å². The highest BCUT2D eigenvalue weighted by molar-refractivity contribution is 7.89. The zero-order valence-corrected chi connectivity index (χ0v) is 12.2. The van der Waals surface area contributed by atoms with Gasteiger partial charge in [0.25, 0.3) is 0 Å². The van der Waals surface area contributed by atoms with Gasteiger partial charge < -0.3 is 5.73 Å². The number of nitrogen functional groups attached to an aromatic ring is 1. The molecule has 8 heteroatoms. The number of thiazole rings is 1. The monoisotopic (exact) mass is 298 g/mol. The lowest BCUT2D eigenvalue weighted by Gasteiger charge is -2.16. The molecule has 0 saturated carbocycles. The molecule has 2 aromatic rings. The molecule has 0 aliphatic heterocycles. The molecule has 0 aliphatic rings. The Kier molecular flexibility index (Phi) is 3.83. The Morgan fingerprint density at radius 1 is 1.47 bits per heavy atom. The van der Waals surface area contributed by atoms with E-state index in [9.17, 15) is 8.42 Å². The molecule has 0 fully saturated rings. The molecule has 0 spiro atoms. The van der Waals surface area contributed by atoms with Gasteiger partial charge in [0, 0.05) is 18.6 Å². The second-order valence-electron chi connectivity index (χ2n) is 4.01. The number of sulfonamides is 1. The van der Waals surface area contributed by atoms with Crippen LogP contribution in [0.3, 0.4) is 0 Å². The molecule has 0 aromatic carbocycles. The Hall–Kier alpha value is -1.51. The van der Waals surface area contributed by atoms with Crippen molar-refractivity contribution < 1.29 is 8.42 Å². The normalized spacial score (nSPS) is 11.9. The van der Waals surface area contributed by atoms with Gasteiger partial charge in [0.05, 0.1) is 17.2 Å². The van der Waals surface area contributed by atoms with Crippen LogP contribution in [0.15, 0.2) is 28.6 Å². The zero-order valence-electron chi connectivity index (χ0n) is 10.6. The van der Waals surface area contributed by atoms with E-state index in [2.05, 4.69) is 9.97 Å². The summed E-state index contributed by atoms with van der Waals surface area (Å²) in [6.45, 7) is 2.09. The average molecular weight is 298 g/mol. The molecule has 0 saturated heterocycles. The Morgan fingerprint density at radius 2 is 2.21 bits per heavy atom. The molecule has 2 heterocycles. The van der Waals surface area contributed by atoms with Crippen molar-refractivity contribution in [1.82, 2.24) is 14.3 Å². The first-order valence-electron chi connectivity index (χ1n) is 5.49. The summed E-state index contributed by atoms with van der Waals surface area (Å²) in [7, 11) is -2.15. The van der Waals surface area contributed by atoms with Gasteiger partial charge in [0.15, 0.2) is 0 Å². The topological polar surface area (TPSA) is 89.2 Å².